The Labute approximate surface area is 169 Å². The third-order valence-corrected chi connectivity index (χ3v) is 6.79. The number of nitrogens with one attached hydrogen (secondary N) is 1. The number of sulfonamides is 1. The summed E-state index contributed by atoms with van der Waals surface area (Å²) >= 11 is 0. The Morgan fingerprint density at radius 1 is 1.00 bits per heavy atom. The highest BCUT2D eigenvalue weighted by Gasteiger charge is 2.29. The molecule has 2 aromatic rings. The van der Waals surface area contributed by atoms with Crippen LogP contribution in [0.15, 0.2) is 47.4 Å². The van der Waals surface area contributed by atoms with E-state index in [1.807, 2.05) is 0 Å². The molecule has 2 amide bonds. The number of hydrogen-bond donors (Lipinski definition) is 1. The van der Waals surface area contributed by atoms with Crippen molar-refractivity contribution in [2.24, 2.45) is 0 Å². The first-order valence-electron chi connectivity index (χ1n) is 9.12. The zero-order valence-electron chi connectivity index (χ0n) is 16.2. The summed E-state index contributed by atoms with van der Waals surface area (Å²) in [6.07, 6.45) is 0. The molecule has 1 aliphatic rings. The number of nitrogens with zero attached hydrogens (tertiary/aromatic N) is 2. The second-order valence-electron chi connectivity index (χ2n) is 6.85. The van der Waals surface area contributed by atoms with Gasteiger partial charge >= 0.3 is 0 Å². The number of aryl methyl sites for hydroxylation is 1. The molecule has 0 aromatic heterocycles. The van der Waals surface area contributed by atoms with E-state index < -0.39 is 15.9 Å². The molecule has 0 saturated carbocycles. The van der Waals surface area contributed by atoms with Gasteiger partial charge in [0.25, 0.3) is 5.91 Å². The normalized spacial score (nSPS) is 15.2. The van der Waals surface area contributed by atoms with E-state index in [-0.39, 0.29) is 35.3 Å². The first-order chi connectivity index (χ1) is 13.7. The number of carbonyl (C=O) groups is 2. The van der Waals surface area contributed by atoms with E-state index in [1.54, 1.807) is 11.8 Å². The zero-order chi connectivity index (χ0) is 21.2. The summed E-state index contributed by atoms with van der Waals surface area (Å²) in [5.41, 5.74) is 1.35. The fourth-order valence-corrected chi connectivity index (χ4v) is 4.55. The second kappa shape index (κ2) is 8.30. The summed E-state index contributed by atoms with van der Waals surface area (Å²) in [4.78, 5) is 25.5. The zero-order valence-corrected chi connectivity index (χ0v) is 17.0. The van der Waals surface area contributed by atoms with Gasteiger partial charge in [-0.25, -0.2) is 12.8 Å². The lowest BCUT2D eigenvalue weighted by molar-refractivity contribution is -0.129. The summed E-state index contributed by atoms with van der Waals surface area (Å²) in [5, 5.41) is 2.69. The molecule has 0 aliphatic carbocycles. The third-order valence-electron chi connectivity index (χ3n) is 4.87. The Morgan fingerprint density at radius 2 is 1.62 bits per heavy atom. The van der Waals surface area contributed by atoms with Gasteiger partial charge in [0.15, 0.2) is 0 Å². The first kappa shape index (κ1) is 20.9. The molecule has 0 spiro atoms. The number of rotatable bonds is 4. The van der Waals surface area contributed by atoms with Crippen molar-refractivity contribution in [3.8, 4) is 0 Å². The molecule has 0 unspecified atom stereocenters. The number of halogens is 1. The highest BCUT2D eigenvalue weighted by Crippen LogP contribution is 2.20. The van der Waals surface area contributed by atoms with E-state index >= 15 is 0 Å². The highest BCUT2D eigenvalue weighted by atomic mass is 32.2. The maximum absolute atomic E-state index is 13.2. The number of anilines is 1. The minimum absolute atomic E-state index is 0.0752. The largest absolute Gasteiger partial charge is 0.340 e. The van der Waals surface area contributed by atoms with Crippen molar-refractivity contribution < 1.29 is 22.4 Å². The molecule has 2 aromatic carbocycles. The van der Waals surface area contributed by atoms with Gasteiger partial charge in [-0.1, -0.05) is 0 Å². The molecule has 1 N–H and O–H groups in total. The van der Waals surface area contributed by atoms with Crippen LogP contribution in [0.2, 0.25) is 0 Å². The summed E-state index contributed by atoms with van der Waals surface area (Å²) in [6.45, 7) is 4.31. The molecule has 29 heavy (non-hydrogen) atoms. The lowest BCUT2D eigenvalue weighted by Gasteiger charge is -2.33. The maximum Gasteiger partial charge on any atom is 0.255 e. The lowest BCUT2D eigenvalue weighted by Crippen LogP contribution is -2.49. The van der Waals surface area contributed by atoms with Crippen LogP contribution >= 0.6 is 0 Å². The average molecular weight is 419 g/mol. The molecular weight excluding hydrogens is 397 g/mol. The third kappa shape index (κ3) is 4.63. The molecule has 1 aliphatic heterocycles. The van der Waals surface area contributed by atoms with Crippen molar-refractivity contribution in [3.63, 3.8) is 0 Å². The van der Waals surface area contributed by atoms with Crippen molar-refractivity contribution in [2.75, 3.05) is 31.5 Å². The van der Waals surface area contributed by atoms with Crippen LogP contribution in [0.1, 0.15) is 22.8 Å². The van der Waals surface area contributed by atoms with Crippen LogP contribution in [0.4, 0.5) is 10.1 Å². The summed E-state index contributed by atoms with van der Waals surface area (Å²) < 4.78 is 40.1. The molecule has 1 saturated heterocycles. The van der Waals surface area contributed by atoms with E-state index in [9.17, 15) is 22.4 Å². The van der Waals surface area contributed by atoms with E-state index in [2.05, 4.69) is 5.32 Å². The predicted octanol–water partition coefficient (Wildman–Crippen LogP) is 2.24. The molecule has 3 rings (SSSR count). The molecule has 0 atom stereocenters. The van der Waals surface area contributed by atoms with Crippen molar-refractivity contribution >= 4 is 27.5 Å². The SMILES string of the molecule is CC(=O)N1CCN(S(=O)(=O)c2ccc(C(=O)Nc3ccc(F)cc3C)cc2)CC1. The molecule has 7 nitrogen and oxygen atoms in total. The topological polar surface area (TPSA) is 86.8 Å². The van der Waals surface area contributed by atoms with E-state index in [0.717, 1.165) is 0 Å². The van der Waals surface area contributed by atoms with Gasteiger partial charge in [-0.2, -0.15) is 4.31 Å². The van der Waals surface area contributed by atoms with Gasteiger partial charge in [0, 0.05) is 44.4 Å². The quantitative estimate of drug-likeness (QED) is 0.824. The van der Waals surface area contributed by atoms with E-state index in [0.29, 0.717) is 24.3 Å². The number of amides is 2. The molecule has 9 heteroatoms. The van der Waals surface area contributed by atoms with Gasteiger partial charge in [0.2, 0.25) is 15.9 Å². The van der Waals surface area contributed by atoms with E-state index in [1.165, 1.54) is 53.7 Å². The number of carbonyl (C=O) groups excluding carboxylic acids is 2. The van der Waals surface area contributed by atoms with Gasteiger partial charge in [0.1, 0.15) is 5.82 Å². The minimum atomic E-state index is -3.70. The number of piperazine rings is 1. The van der Waals surface area contributed by atoms with Crippen LogP contribution in [0.25, 0.3) is 0 Å². The van der Waals surface area contributed by atoms with Crippen LogP contribution in [-0.2, 0) is 14.8 Å². The standard InChI is InChI=1S/C20H22FN3O4S/c1-14-13-17(21)5-8-19(14)22-20(26)16-3-6-18(7-4-16)29(27,28)24-11-9-23(10-12-24)15(2)25/h3-8,13H,9-12H2,1-2H3,(H,22,26). The highest BCUT2D eigenvalue weighted by molar-refractivity contribution is 7.89. The Balaban J connectivity index is 1.70. The lowest BCUT2D eigenvalue weighted by atomic mass is 10.1. The van der Waals surface area contributed by atoms with Gasteiger partial charge in [-0.3, -0.25) is 9.59 Å². The van der Waals surface area contributed by atoms with Crippen LogP contribution in [0.3, 0.4) is 0 Å². The maximum atomic E-state index is 13.2. The van der Waals surface area contributed by atoms with Crippen LogP contribution < -0.4 is 5.32 Å². The van der Waals surface area contributed by atoms with Crippen LogP contribution in [0.5, 0.6) is 0 Å². The van der Waals surface area contributed by atoms with Gasteiger partial charge in [-0.15, -0.1) is 0 Å². The molecule has 0 radical (unpaired) electrons. The van der Waals surface area contributed by atoms with Crippen LogP contribution in [-0.4, -0.2) is 55.6 Å². The fourth-order valence-electron chi connectivity index (χ4n) is 3.13. The molecule has 0 bridgehead atoms. The fraction of sp³-hybridized carbons (Fsp3) is 0.300. The minimum Gasteiger partial charge on any atom is -0.340 e. The second-order valence-corrected chi connectivity index (χ2v) is 8.79. The number of hydrogen-bond acceptors (Lipinski definition) is 4. The van der Waals surface area contributed by atoms with Gasteiger partial charge in [0.05, 0.1) is 4.90 Å². The van der Waals surface area contributed by atoms with Gasteiger partial charge < -0.3 is 10.2 Å². The first-order valence-corrected chi connectivity index (χ1v) is 10.6. The van der Waals surface area contributed by atoms with Crippen molar-refractivity contribution in [1.82, 2.24) is 9.21 Å². The average Bonchev–Trinajstić information content (AvgIpc) is 2.70. The Morgan fingerprint density at radius 3 is 2.17 bits per heavy atom. The van der Waals surface area contributed by atoms with E-state index in [4.69, 9.17) is 0 Å². The summed E-state index contributed by atoms with van der Waals surface area (Å²) in [6, 6.07) is 9.70. The number of benzene rings is 2. The monoisotopic (exact) mass is 419 g/mol. The van der Waals surface area contributed by atoms with Crippen LogP contribution in [0, 0.1) is 12.7 Å². The van der Waals surface area contributed by atoms with Gasteiger partial charge in [-0.05, 0) is 55.0 Å². The Bertz CT molecular complexity index is 1030. The van der Waals surface area contributed by atoms with Crippen molar-refractivity contribution in [3.05, 3.63) is 59.4 Å². The summed E-state index contributed by atoms with van der Waals surface area (Å²) in [7, 11) is -3.70. The molecule has 1 heterocycles. The van der Waals surface area contributed by atoms with Crippen molar-refractivity contribution in [2.45, 2.75) is 18.7 Å². The van der Waals surface area contributed by atoms with Crippen molar-refractivity contribution in [1.29, 1.82) is 0 Å². The Hall–Kier alpha value is -2.78. The smallest absolute Gasteiger partial charge is 0.255 e. The summed E-state index contributed by atoms with van der Waals surface area (Å²) in [5.74, 6) is -0.883. The molecular formula is C20H22FN3O4S. The molecule has 154 valence electrons. The molecule has 1 fully saturated rings. The predicted molar refractivity (Wildman–Crippen MR) is 107 cm³/mol. The Kier molecular flexibility index (Phi) is 5.99.